The topological polar surface area (TPSA) is 108 Å². The second-order valence-electron chi connectivity index (χ2n) is 5.06. The Hall–Kier alpha value is -3.48. The predicted molar refractivity (Wildman–Crippen MR) is 87.6 cm³/mol. The molecule has 0 aliphatic heterocycles. The molecule has 3 rings (SSSR count). The van der Waals surface area contributed by atoms with Gasteiger partial charge in [-0.25, -0.2) is 4.79 Å². The van der Waals surface area contributed by atoms with Crippen LogP contribution in [0, 0.1) is 0 Å². The minimum atomic E-state index is -1.14. The van der Waals surface area contributed by atoms with Crippen molar-refractivity contribution in [3.05, 3.63) is 59.8 Å². The van der Waals surface area contributed by atoms with Crippen molar-refractivity contribution in [1.29, 1.82) is 0 Å². The molecular formula is C17H14N4O3. The SMILES string of the molecule is CNC(=O)c1cccc(-c2ccc(-c3n[nH]nc3C(=O)O)cc2)c1. The lowest BCUT2D eigenvalue weighted by atomic mass is 10.0. The van der Waals surface area contributed by atoms with Crippen molar-refractivity contribution < 1.29 is 14.7 Å². The van der Waals surface area contributed by atoms with Gasteiger partial charge in [0.1, 0.15) is 5.69 Å². The maximum absolute atomic E-state index is 11.7. The normalized spacial score (nSPS) is 10.4. The number of aromatic nitrogens is 3. The first-order valence-electron chi connectivity index (χ1n) is 7.17. The van der Waals surface area contributed by atoms with E-state index < -0.39 is 5.97 Å². The fourth-order valence-electron chi connectivity index (χ4n) is 2.39. The largest absolute Gasteiger partial charge is 0.476 e. The summed E-state index contributed by atoms with van der Waals surface area (Å²) in [7, 11) is 1.59. The number of hydrogen-bond donors (Lipinski definition) is 3. The molecule has 7 heteroatoms. The van der Waals surface area contributed by atoms with Crippen LogP contribution in [0.5, 0.6) is 0 Å². The van der Waals surface area contributed by atoms with Crippen LogP contribution in [0.25, 0.3) is 22.4 Å². The van der Waals surface area contributed by atoms with E-state index in [1.165, 1.54) is 0 Å². The number of hydrogen-bond acceptors (Lipinski definition) is 4. The summed E-state index contributed by atoms with van der Waals surface area (Å²) < 4.78 is 0. The van der Waals surface area contributed by atoms with Crippen molar-refractivity contribution in [1.82, 2.24) is 20.7 Å². The number of carbonyl (C=O) groups excluding carboxylic acids is 1. The Morgan fingerprint density at radius 1 is 1.00 bits per heavy atom. The monoisotopic (exact) mass is 322 g/mol. The highest BCUT2D eigenvalue weighted by Gasteiger charge is 2.16. The summed E-state index contributed by atoms with van der Waals surface area (Å²) in [5, 5.41) is 21.5. The van der Waals surface area contributed by atoms with Gasteiger partial charge in [-0.3, -0.25) is 4.79 Å². The van der Waals surface area contributed by atoms with Gasteiger partial charge in [-0.15, -0.1) is 5.10 Å². The molecule has 120 valence electrons. The molecule has 0 atom stereocenters. The van der Waals surface area contributed by atoms with Gasteiger partial charge in [0.15, 0.2) is 5.69 Å². The Labute approximate surface area is 137 Å². The lowest BCUT2D eigenvalue weighted by Gasteiger charge is -2.06. The van der Waals surface area contributed by atoms with E-state index in [4.69, 9.17) is 5.11 Å². The van der Waals surface area contributed by atoms with Crippen LogP contribution < -0.4 is 5.32 Å². The van der Waals surface area contributed by atoms with E-state index in [0.29, 0.717) is 11.1 Å². The van der Waals surface area contributed by atoms with Crippen LogP contribution in [0.15, 0.2) is 48.5 Å². The van der Waals surface area contributed by atoms with Crippen molar-refractivity contribution in [2.24, 2.45) is 0 Å². The second-order valence-corrected chi connectivity index (χ2v) is 5.06. The first kappa shape index (κ1) is 15.4. The fraction of sp³-hybridized carbons (Fsp3) is 0.0588. The first-order chi connectivity index (χ1) is 11.6. The third kappa shape index (κ3) is 2.87. The molecule has 1 amide bonds. The summed E-state index contributed by atoms with van der Waals surface area (Å²) in [6.45, 7) is 0. The van der Waals surface area contributed by atoms with Crippen LogP contribution in [0.2, 0.25) is 0 Å². The number of carboxylic acid groups (broad SMARTS) is 1. The van der Waals surface area contributed by atoms with Gasteiger partial charge in [-0.1, -0.05) is 36.4 Å². The minimum Gasteiger partial charge on any atom is -0.476 e. The Morgan fingerprint density at radius 2 is 1.71 bits per heavy atom. The summed E-state index contributed by atoms with van der Waals surface area (Å²) >= 11 is 0. The van der Waals surface area contributed by atoms with E-state index in [2.05, 4.69) is 20.7 Å². The summed E-state index contributed by atoms with van der Waals surface area (Å²) in [5.74, 6) is -1.29. The van der Waals surface area contributed by atoms with Gasteiger partial charge >= 0.3 is 5.97 Å². The van der Waals surface area contributed by atoms with Crippen molar-refractivity contribution >= 4 is 11.9 Å². The highest BCUT2D eigenvalue weighted by molar-refractivity contribution is 5.95. The summed E-state index contributed by atoms with van der Waals surface area (Å²) in [4.78, 5) is 22.8. The zero-order chi connectivity index (χ0) is 17.1. The average Bonchev–Trinajstić information content (AvgIpc) is 3.11. The van der Waals surface area contributed by atoms with E-state index in [9.17, 15) is 9.59 Å². The number of nitrogens with zero attached hydrogens (tertiary/aromatic N) is 2. The Balaban J connectivity index is 1.94. The molecule has 0 spiro atoms. The van der Waals surface area contributed by atoms with Gasteiger partial charge in [-0.2, -0.15) is 10.3 Å². The van der Waals surface area contributed by atoms with Crippen LogP contribution in [0.4, 0.5) is 0 Å². The van der Waals surface area contributed by atoms with Crippen LogP contribution >= 0.6 is 0 Å². The Bertz CT molecular complexity index is 900. The molecule has 0 unspecified atom stereocenters. The van der Waals surface area contributed by atoms with Gasteiger partial charge in [-0.05, 0) is 23.3 Å². The van der Waals surface area contributed by atoms with Gasteiger partial charge < -0.3 is 10.4 Å². The van der Waals surface area contributed by atoms with Gasteiger partial charge in [0, 0.05) is 18.2 Å². The summed E-state index contributed by atoms with van der Waals surface area (Å²) in [6.07, 6.45) is 0. The van der Waals surface area contributed by atoms with Crippen LogP contribution in [-0.2, 0) is 0 Å². The number of aromatic carboxylic acids is 1. The van der Waals surface area contributed by atoms with E-state index in [-0.39, 0.29) is 17.3 Å². The Kier molecular flexibility index (Phi) is 4.07. The van der Waals surface area contributed by atoms with Crippen molar-refractivity contribution in [3.8, 4) is 22.4 Å². The zero-order valence-corrected chi connectivity index (χ0v) is 12.8. The van der Waals surface area contributed by atoms with Gasteiger partial charge in [0.25, 0.3) is 5.91 Å². The average molecular weight is 322 g/mol. The van der Waals surface area contributed by atoms with Gasteiger partial charge in [0.05, 0.1) is 0 Å². The molecule has 0 aliphatic carbocycles. The molecule has 7 nitrogen and oxygen atoms in total. The lowest BCUT2D eigenvalue weighted by Crippen LogP contribution is -2.17. The zero-order valence-electron chi connectivity index (χ0n) is 12.8. The van der Waals surface area contributed by atoms with E-state index in [0.717, 1.165) is 11.1 Å². The number of carbonyl (C=O) groups is 2. The number of nitrogens with one attached hydrogen (secondary N) is 2. The molecule has 0 bridgehead atoms. The molecular weight excluding hydrogens is 308 g/mol. The maximum atomic E-state index is 11.7. The number of aromatic amines is 1. The highest BCUT2D eigenvalue weighted by Crippen LogP contribution is 2.25. The fourth-order valence-corrected chi connectivity index (χ4v) is 2.39. The molecule has 2 aromatic carbocycles. The third-order valence-electron chi connectivity index (χ3n) is 3.59. The molecule has 0 saturated heterocycles. The molecule has 3 N–H and O–H groups in total. The highest BCUT2D eigenvalue weighted by atomic mass is 16.4. The van der Waals surface area contributed by atoms with E-state index in [1.807, 2.05) is 24.3 Å². The smallest absolute Gasteiger partial charge is 0.358 e. The van der Waals surface area contributed by atoms with Crippen molar-refractivity contribution in [2.75, 3.05) is 7.05 Å². The summed E-state index contributed by atoms with van der Waals surface area (Å²) in [5.41, 5.74) is 3.18. The van der Waals surface area contributed by atoms with Crippen LogP contribution in [0.1, 0.15) is 20.8 Å². The summed E-state index contributed by atoms with van der Waals surface area (Å²) in [6, 6.07) is 14.5. The number of rotatable bonds is 4. The predicted octanol–water partition coefficient (Wildman–Crippen LogP) is 2.20. The molecule has 0 aliphatic rings. The second kappa shape index (κ2) is 6.33. The number of H-pyrrole nitrogens is 1. The van der Waals surface area contributed by atoms with E-state index >= 15 is 0 Å². The molecule has 3 aromatic rings. The third-order valence-corrected chi connectivity index (χ3v) is 3.59. The van der Waals surface area contributed by atoms with E-state index in [1.54, 1.807) is 31.3 Å². The standard InChI is InChI=1S/C17H14N4O3/c1-18-16(22)13-4-2-3-12(9-13)10-5-7-11(8-6-10)14-15(17(23)24)20-21-19-14/h2-9H,1H3,(H,18,22)(H,23,24)(H,19,20,21). The number of benzene rings is 2. The first-order valence-corrected chi connectivity index (χ1v) is 7.17. The molecule has 1 heterocycles. The molecule has 0 saturated carbocycles. The lowest BCUT2D eigenvalue weighted by molar-refractivity contribution is 0.0691. The molecule has 0 fully saturated rings. The van der Waals surface area contributed by atoms with Crippen LogP contribution in [-0.4, -0.2) is 39.4 Å². The van der Waals surface area contributed by atoms with Crippen molar-refractivity contribution in [3.63, 3.8) is 0 Å². The minimum absolute atomic E-state index is 0.121. The Morgan fingerprint density at radius 3 is 2.38 bits per heavy atom. The van der Waals surface area contributed by atoms with Crippen molar-refractivity contribution in [2.45, 2.75) is 0 Å². The number of amides is 1. The van der Waals surface area contributed by atoms with Gasteiger partial charge in [0.2, 0.25) is 0 Å². The number of carboxylic acids is 1. The van der Waals surface area contributed by atoms with Crippen LogP contribution in [0.3, 0.4) is 0 Å². The maximum Gasteiger partial charge on any atom is 0.358 e. The molecule has 0 radical (unpaired) electrons. The molecule has 24 heavy (non-hydrogen) atoms. The molecule has 1 aromatic heterocycles. The quantitative estimate of drug-likeness (QED) is 0.682.